The minimum absolute atomic E-state index is 0.482. The molecular formula is C9H15N3. The van der Waals surface area contributed by atoms with Crippen LogP contribution in [0.1, 0.15) is 31.1 Å². The Morgan fingerprint density at radius 2 is 2.42 bits per heavy atom. The Hall–Kier alpha value is -0.830. The van der Waals surface area contributed by atoms with Crippen molar-refractivity contribution >= 4 is 0 Å². The molecule has 1 aliphatic heterocycles. The normalized spacial score (nSPS) is 16.6. The molecule has 2 rings (SSSR count). The van der Waals surface area contributed by atoms with Crippen molar-refractivity contribution in [2.75, 3.05) is 6.54 Å². The Morgan fingerprint density at radius 3 is 3.08 bits per heavy atom. The van der Waals surface area contributed by atoms with Crippen LogP contribution < -0.4 is 5.32 Å². The number of hydrogen-bond donors (Lipinski definition) is 1. The predicted molar refractivity (Wildman–Crippen MR) is 48.0 cm³/mol. The average molecular weight is 165 g/mol. The lowest BCUT2D eigenvalue weighted by atomic mass is 10.1. The van der Waals surface area contributed by atoms with Crippen molar-refractivity contribution in [3.8, 4) is 0 Å². The molecule has 0 spiro atoms. The molecule has 3 nitrogen and oxygen atoms in total. The van der Waals surface area contributed by atoms with Gasteiger partial charge in [-0.2, -0.15) is 5.10 Å². The van der Waals surface area contributed by atoms with Gasteiger partial charge in [0.15, 0.2) is 0 Å². The Morgan fingerprint density at radius 1 is 1.58 bits per heavy atom. The SMILES string of the molecule is CC(C)n1cc2c(n1)CCNC2. The molecule has 12 heavy (non-hydrogen) atoms. The molecule has 66 valence electrons. The second kappa shape index (κ2) is 2.90. The summed E-state index contributed by atoms with van der Waals surface area (Å²) in [6, 6.07) is 0.482. The third-order valence-electron chi connectivity index (χ3n) is 2.28. The van der Waals surface area contributed by atoms with Gasteiger partial charge in [0.2, 0.25) is 0 Å². The molecule has 0 radical (unpaired) electrons. The predicted octanol–water partition coefficient (Wildman–Crippen LogP) is 1.11. The van der Waals surface area contributed by atoms with Gasteiger partial charge in [-0.1, -0.05) is 0 Å². The molecule has 0 fully saturated rings. The molecule has 3 heteroatoms. The standard InChI is InChI=1S/C9H15N3/c1-7(2)12-6-8-5-10-4-3-9(8)11-12/h6-7,10H,3-5H2,1-2H3. The molecule has 0 aromatic carbocycles. The first-order chi connectivity index (χ1) is 5.77. The van der Waals surface area contributed by atoms with Crippen LogP contribution in [0.3, 0.4) is 0 Å². The summed E-state index contributed by atoms with van der Waals surface area (Å²) < 4.78 is 2.05. The highest BCUT2D eigenvalue weighted by Crippen LogP contribution is 2.14. The zero-order valence-electron chi connectivity index (χ0n) is 7.67. The molecule has 0 aliphatic carbocycles. The summed E-state index contributed by atoms with van der Waals surface area (Å²) in [5, 5.41) is 7.87. The zero-order valence-corrected chi connectivity index (χ0v) is 7.67. The van der Waals surface area contributed by atoms with Crippen molar-refractivity contribution < 1.29 is 0 Å². The highest BCUT2D eigenvalue weighted by atomic mass is 15.3. The molecule has 1 aliphatic rings. The summed E-state index contributed by atoms with van der Waals surface area (Å²) in [6.07, 6.45) is 3.24. The van der Waals surface area contributed by atoms with E-state index in [1.165, 1.54) is 11.3 Å². The van der Waals surface area contributed by atoms with Gasteiger partial charge in [0.05, 0.1) is 5.69 Å². The number of fused-ring (bicyclic) bond motifs is 1. The second-order valence-corrected chi connectivity index (χ2v) is 3.60. The highest BCUT2D eigenvalue weighted by molar-refractivity contribution is 5.19. The van der Waals surface area contributed by atoms with E-state index in [0.29, 0.717) is 6.04 Å². The molecule has 1 aromatic rings. The Kier molecular flexibility index (Phi) is 1.89. The lowest BCUT2D eigenvalue weighted by Crippen LogP contribution is -2.22. The summed E-state index contributed by atoms with van der Waals surface area (Å²) in [7, 11) is 0. The van der Waals surface area contributed by atoms with Crippen LogP contribution in [0.4, 0.5) is 0 Å². The number of aromatic nitrogens is 2. The van der Waals surface area contributed by atoms with Gasteiger partial charge < -0.3 is 5.32 Å². The lowest BCUT2D eigenvalue weighted by Gasteiger charge is -2.09. The topological polar surface area (TPSA) is 29.9 Å². The van der Waals surface area contributed by atoms with Crippen molar-refractivity contribution in [3.05, 3.63) is 17.5 Å². The van der Waals surface area contributed by atoms with Gasteiger partial charge in [0, 0.05) is 37.3 Å². The van der Waals surface area contributed by atoms with E-state index in [1.807, 2.05) is 0 Å². The maximum atomic E-state index is 4.53. The quantitative estimate of drug-likeness (QED) is 0.675. The van der Waals surface area contributed by atoms with Crippen LogP contribution in [0.25, 0.3) is 0 Å². The van der Waals surface area contributed by atoms with E-state index in [0.717, 1.165) is 19.5 Å². The molecule has 0 atom stereocenters. The summed E-state index contributed by atoms with van der Waals surface area (Å²) in [5.41, 5.74) is 2.65. The highest BCUT2D eigenvalue weighted by Gasteiger charge is 2.13. The molecule has 2 heterocycles. The van der Waals surface area contributed by atoms with Crippen molar-refractivity contribution in [2.45, 2.75) is 32.9 Å². The van der Waals surface area contributed by atoms with Crippen LogP contribution in [-0.2, 0) is 13.0 Å². The van der Waals surface area contributed by atoms with Crippen LogP contribution in [0, 0.1) is 0 Å². The number of nitrogens with one attached hydrogen (secondary N) is 1. The first-order valence-electron chi connectivity index (χ1n) is 4.55. The van der Waals surface area contributed by atoms with Crippen LogP contribution >= 0.6 is 0 Å². The maximum absolute atomic E-state index is 4.53. The fourth-order valence-electron chi connectivity index (χ4n) is 1.52. The van der Waals surface area contributed by atoms with Gasteiger partial charge in [-0.25, -0.2) is 0 Å². The van der Waals surface area contributed by atoms with E-state index < -0.39 is 0 Å². The number of hydrogen-bond acceptors (Lipinski definition) is 2. The van der Waals surface area contributed by atoms with Crippen LogP contribution in [0.15, 0.2) is 6.20 Å². The molecule has 0 unspecified atom stereocenters. The van der Waals surface area contributed by atoms with Crippen molar-refractivity contribution in [2.24, 2.45) is 0 Å². The molecule has 0 amide bonds. The Labute approximate surface area is 72.8 Å². The minimum atomic E-state index is 0.482. The average Bonchev–Trinajstić information content (AvgIpc) is 2.46. The van der Waals surface area contributed by atoms with E-state index in [2.05, 4.69) is 35.1 Å². The lowest BCUT2D eigenvalue weighted by molar-refractivity contribution is 0.525. The fourth-order valence-corrected chi connectivity index (χ4v) is 1.52. The maximum Gasteiger partial charge on any atom is 0.0682 e. The van der Waals surface area contributed by atoms with Crippen LogP contribution in [0.2, 0.25) is 0 Å². The van der Waals surface area contributed by atoms with Crippen molar-refractivity contribution in [1.82, 2.24) is 15.1 Å². The van der Waals surface area contributed by atoms with Gasteiger partial charge in [-0.15, -0.1) is 0 Å². The molecular weight excluding hydrogens is 150 g/mol. The molecule has 0 saturated carbocycles. The Bertz CT molecular complexity index is 252. The zero-order chi connectivity index (χ0) is 8.55. The number of nitrogens with zero attached hydrogens (tertiary/aromatic N) is 2. The second-order valence-electron chi connectivity index (χ2n) is 3.60. The van der Waals surface area contributed by atoms with Gasteiger partial charge in [-0.05, 0) is 13.8 Å². The number of rotatable bonds is 1. The third kappa shape index (κ3) is 1.25. The molecule has 1 aromatic heterocycles. The van der Waals surface area contributed by atoms with E-state index in [-0.39, 0.29) is 0 Å². The van der Waals surface area contributed by atoms with Crippen molar-refractivity contribution in [3.63, 3.8) is 0 Å². The van der Waals surface area contributed by atoms with Gasteiger partial charge >= 0.3 is 0 Å². The summed E-state index contributed by atoms with van der Waals surface area (Å²) in [4.78, 5) is 0. The summed E-state index contributed by atoms with van der Waals surface area (Å²) >= 11 is 0. The first kappa shape index (κ1) is 7.80. The van der Waals surface area contributed by atoms with E-state index in [1.54, 1.807) is 0 Å². The largest absolute Gasteiger partial charge is 0.312 e. The third-order valence-corrected chi connectivity index (χ3v) is 2.28. The van der Waals surface area contributed by atoms with E-state index in [4.69, 9.17) is 0 Å². The van der Waals surface area contributed by atoms with Crippen LogP contribution in [0.5, 0.6) is 0 Å². The first-order valence-corrected chi connectivity index (χ1v) is 4.55. The van der Waals surface area contributed by atoms with Crippen molar-refractivity contribution in [1.29, 1.82) is 0 Å². The minimum Gasteiger partial charge on any atom is -0.312 e. The molecule has 0 bridgehead atoms. The fraction of sp³-hybridized carbons (Fsp3) is 0.667. The van der Waals surface area contributed by atoms with Gasteiger partial charge in [-0.3, -0.25) is 4.68 Å². The monoisotopic (exact) mass is 165 g/mol. The van der Waals surface area contributed by atoms with Gasteiger partial charge in [0.25, 0.3) is 0 Å². The van der Waals surface area contributed by atoms with Crippen LogP contribution in [-0.4, -0.2) is 16.3 Å². The summed E-state index contributed by atoms with van der Waals surface area (Å²) in [6.45, 7) is 6.38. The van der Waals surface area contributed by atoms with E-state index in [9.17, 15) is 0 Å². The summed E-state index contributed by atoms with van der Waals surface area (Å²) in [5.74, 6) is 0. The smallest absolute Gasteiger partial charge is 0.0682 e. The molecule has 1 N–H and O–H groups in total. The molecule has 0 saturated heterocycles. The van der Waals surface area contributed by atoms with E-state index >= 15 is 0 Å². The Balaban J connectivity index is 2.32. The van der Waals surface area contributed by atoms with Gasteiger partial charge in [0.1, 0.15) is 0 Å².